The summed E-state index contributed by atoms with van der Waals surface area (Å²) in [4.78, 5) is 23.1. The second-order valence-corrected chi connectivity index (χ2v) is 7.93. The molecule has 0 aliphatic heterocycles. The van der Waals surface area contributed by atoms with Crippen LogP contribution in [0.4, 0.5) is 5.69 Å². The number of rotatable bonds is 9. The Labute approximate surface area is 173 Å². The third kappa shape index (κ3) is 5.95. The Balaban J connectivity index is 2.14. The Hall–Kier alpha value is -3.60. The average Bonchev–Trinajstić information content (AvgIpc) is 2.71. The molecule has 2 N–H and O–H groups in total. The van der Waals surface area contributed by atoms with Gasteiger partial charge in [0.25, 0.3) is 5.91 Å². The van der Waals surface area contributed by atoms with Crippen LogP contribution in [0.15, 0.2) is 47.6 Å². The number of hydrogen-bond donors (Lipinski definition) is 2. The first-order valence-corrected chi connectivity index (χ1v) is 10.4. The maximum absolute atomic E-state index is 12.3. The molecule has 0 saturated heterocycles. The summed E-state index contributed by atoms with van der Waals surface area (Å²) in [5.74, 6) is -1.06. The van der Waals surface area contributed by atoms with Crippen molar-refractivity contribution in [2.45, 2.75) is 0 Å². The van der Waals surface area contributed by atoms with Gasteiger partial charge in [-0.1, -0.05) is 12.1 Å². The van der Waals surface area contributed by atoms with E-state index in [1.54, 1.807) is 6.07 Å². The van der Waals surface area contributed by atoms with Crippen LogP contribution in [0.25, 0.3) is 0 Å². The van der Waals surface area contributed by atoms with Crippen molar-refractivity contribution in [2.24, 2.45) is 5.10 Å². The Kier molecular flexibility index (Phi) is 7.37. The first kappa shape index (κ1) is 22.7. The molecule has 1 amide bonds. The molecule has 2 aromatic rings. The smallest absolute Gasteiger partial charge is 0.335 e. The zero-order valence-electron chi connectivity index (χ0n) is 16.5. The molecule has 11 heteroatoms. The molecule has 0 radical (unpaired) electrons. The van der Waals surface area contributed by atoms with Crippen LogP contribution in [0, 0.1) is 0 Å². The molecule has 0 aliphatic carbocycles. The number of benzene rings is 2. The van der Waals surface area contributed by atoms with Gasteiger partial charge in [-0.05, 0) is 29.8 Å². The Bertz CT molecular complexity index is 1050. The van der Waals surface area contributed by atoms with Gasteiger partial charge in [0.2, 0.25) is 10.0 Å². The fourth-order valence-corrected chi connectivity index (χ4v) is 3.29. The number of amides is 1. The molecule has 2 rings (SSSR count). The number of nitrogens with zero attached hydrogens (tertiary/aromatic N) is 2. The topological polar surface area (TPSA) is 135 Å². The number of hydrogen-bond acceptors (Lipinski definition) is 7. The average molecular weight is 435 g/mol. The summed E-state index contributed by atoms with van der Waals surface area (Å²) >= 11 is 0. The van der Waals surface area contributed by atoms with Gasteiger partial charge in [-0.3, -0.25) is 9.10 Å². The van der Waals surface area contributed by atoms with E-state index in [4.69, 9.17) is 14.6 Å². The summed E-state index contributed by atoms with van der Waals surface area (Å²) in [6.45, 7) is -0.531. The highest BCUT2D eigenvalue weighted by Gasteiger charge is 2.24. The zero-order chi connectivity index (χ0) is 22.3. The van der Waals surface area contributed by atoms with Gasteiger partial charge in [-0.15, -0.1) is 0 Å². The summed E-state index contributed by atoms with van der Waals surface area (Å²) in [7, 11) is -0.976. The second kappa shape index (κ2) is 9.74. The fourth-order valence-electron chi connectivity index (χ4n) is 2.43. The molecule has 0 atom stereocenters. The summed E-state index contributed by atoms with van der Waals surface area (Å²) in [6, 6.07) is 10.4. The maximum Gasteiger partial charge on any atom is 0.335 e. The lowest BCUT2D eigenvalue weighted by molar-refractivity contribution is -0.119. The number of ether oxygens (including phenoxy) is 2. The summed E-state index contributed by atoms with van der Waals surface area (Å²) < 4.78 is 35.7. The largest absolute Gasteiger partial charge is 0.497 e. The number of sulfonamides is 1. The van der Waals surface area contributed by atoms with Gasteiger partial charge in [-0.2, -0.15) is 5.10 Å². The SMILES string of the molecule is COc1ccc(N(CC(=O)N/N=C\c2ccc(C(=O)O)cc2)S(C)(=O)=O)c(OC)c1. The molecular weight excluding hydrogens is 414 g/mol. The number of hydrazone groups is 1. The van der Waals surface area contributed by atoms with E-state index < -0.39 is 28.4 Å². The quantitative estimate of drug-likeness (QED) is 0.448. The summed E-state index contributed by atoms with van der Waals surface area (Å²) in [5, 5.41) is 12.6. The maximum atomic E-state index is 12.3. The highest BCUT2D eigenvalue weighted by Crippen LogP contribution is 2.33. The van der Waals surface area contributed by atoms with Gasteiger partial charge < -0.3 is 14.6 Å². The van der Waals surface area contributed by atoms with Gasteiger partial charge in [0.15, 0.2) is 0 Å². The third-order valence-corrected chi connectivity index (χ3v) is 5.03. The molecule has 0 fully saturated rings. The minimum Gasteiger partial charge on any atom is -0.497 e. The van der Waals surface area contributed by atoms with Gasteiger partial charge >= 0.3 is 5.97 Å². The van der Waals surface area contributed by atoms with Crippen molar-refractivity contribution >= 4 is 33.8 Å². The minimum absolute atomic E-state index is 0.119. The first-order chi connectivity index (χ1) is 14.2. The third-order valence-electron chi connectivity index (χ3n) is 3.90. The lowest BCUT2D eigenvalue weighted by Crippen LogP contribution is -2.39. The number of methoxy groups -OCH3 is 2. The predicted molar refractivity (Wildman–Crippen MR) is 111 cm³/mol. The van der Waals surface area contributed by atoms with Crippen molar-refractivity contribution in [3.05, 3.63) is 53.6 Å². The number of carbonyl (C=O) groups excluding carboxylic acids is 1. The van der Waals surface area contributed by atoms with Crippen LogP contribution in [0.3, 0.4) is 0 Å². The Morgan fingerprint density at radius 2 is 1.80 bits per heavy atom. The van der Waals surface area contributed by atoms with Gasteiger partial charge in [-0.25, -0.2) is 18.6 Å². The molecule has 0 bridgehead atoms. The Morgan fingerprint density at radius 3 is 2.33 bits per heavy atom. The van der Waals surface area contributed by atoms with Crippen molar-refractivity contribution in [3.8, 4) is 11.5 Å². The molecule has 30 heavy (non-hydrogen) atoms. The summed E-state index contributed by atoms with van der Waals surface area (Å²) in [5.41, 5.74) is 3.09. The van der Waals surface area contributed by atoms with E-state index >= 15 is 0 Å². The van der Waals surface area contributed by atoms with Crippen LogP contribution in [0.2, 0.25) is 0 Å². The van der Waals surface area contributed by atoms with Crippen LogP contribution in [0.1, 0.15) is 15.9 Å². The first-order valence-electron chi connectivity index (χ1n) is 8.50. The van der Waals surface area contributed by atoms with Crippen LogP contribution in [-0.4, -0.2) is 58.6 Å². The lowest BCUT2D eigenvalue weighted by Gasteiger charge is -2.23. The van der Waals surface area contributed by atoms with E-state index in [0.717, 1.165) is 10.6 Å². The normalized spacial score (nSPS) is 11.2. The van der Waals surface area contributed by atoms with Crippen molar-refractivity contribution < 1.29 is 32.6 Å². The standard InChI is InChI=1S/C19H21N3O7S/c1-28-15-8-9-16(17(10-15)29-2)22(30(3,26)27)12-18(23)21-20-11-13-4-6-14(7-5-13)19(24)25/h4-11H,12H2,1-3H3,(H,21,23)(H,24,25)/b20-11-. The van der Waals surface area contributed by atoms with E-state index in [1.807, 2.05) is 0 Å². The van der Waals surface area contributed by atoms with Gasteiger partial charge in [0, 0.05) is 6.07 Å². The predicted octanol–water partition coefficient (Wildman–Crippen LogP) is 1.32. The minimum atomic E-state index is -3.81. The van der Waals surface area contributed by atoms with Crippen LogP contribution >= 0.6 is 0 Å². The number of carboxylic acid groups (broad SMARTS) is 1. The highest BCUT2D eigenvalue weighted by molar-refractivity contribution is 7.92. The Morgan fingerprint density at radius 1 is 1.13 bits per heavy atom. The van der Waals surface area contributed by atoms with E-state index in [-0.39, 0.29) is 17.0 Å². The zero-order valence-corrected chi connectivity index (χ0v) is 17.3. The number of aromatic carboxylic acids is 1. The van der Waals surface area contributed by atoms with E-state index in [9.17, 15) is 18.0 Å². The van der Waals surface area contributed by atoms with Crippen LogP contribution in [0.5, 0.6) is 11.5 Å². The van der Waals surface area contributed by atoms with Crippen molar-refractivity contribution in [3.63, 3.8) is 0 Å². The number of nitrogens with one attached hydrogen (secondary N) is 1. The number of carboxylic acids is 1. The van der Waals surface area contributed by atoms with E-state index in [2.05, 4.69) is 10.5 Å². The van der Waals surface area contributed by atoms with Crippen LogP contribution in [-0.2, 0) is 14.8 Å². The number of carbonyl (C=O) groups is 2. The van der Waals surface area contributed by atoms with Gasteiger partial charge in [0.05, 0.1) is 37.9 Å². The molecular formula is C19H21N3O7S. The van der Waals surface area contributed by atoms with E-state index in [1.165, 1.54) is 56.8 Å². The molecule has 2 aromatic carbocycles. The summed E-state index contributed by atoms with van der Waals surface area (Å²) in [6.07, 6.45) is 2.28. The highest BCUT2D eigenvalue weighted by atomic mass is 32.2. The molecule has 0 aliphatic rings. The monoisotopic (exact) mass is 435 g/mol. The lowest BCUT2D eigenvalue weighted by atomic mass is 10.1. The second-order valence-electron chi connectivity index (χ2n) is 6.03. The van der Waals surface area contributed by atoms with Crippen molar-refractivity contribution in [2.75, 3.05) is 31.3 Å². The fraction of sp³-hybridized carbons (Fsp3) is 0.211. The molecule has 10 nitrogen and oxygen atoms in total. The van der Waals surface area contributed by atoms with Gasteiger partial charge in [0.1, 0.15) is 18.0 Å². The molecule has 0 aromatic heterocycles. The molecule has 0 saturated carbocycles. The molecule has 0 spiro atoms. The molecule has 0 heterocycles. The van der Waals surface area contributed by atoms with Crippen LogP contribution < -0.4 is 19.2 Å². The van der Waals surface area contributed by atoms with Crippen molar-refractivity contribution in [1.82, 2.24) is 5.43 Å². The molecule has 160 valence electrons. The number of anilines is 1. The van der Waals surface area contributed by atoms with Crippen molar-refractivity contribution in [1.29, 1.82) is 0 Å². The van der Waals surface area contributed by atoms with E-state index in [0.29, 0.717) is 11.3 Å². The molecule has 0 unspecified atom stereocenters.